The molecule has 8 atom stereocenters. The standard InChI is InChI=1S/C41H65N5O7S/c1-11-17-46(40(50)35(25(7)13-3)44-38(49)36(45(9)10)26(8)14-4)33(24(5)6)22-34(53-18-12-2)39-43-32(23-54-39)37(48)42-28-19-27-15-16-29(47)21-30(27)31(20-28)41(51)52/h15-16,21,23-26,28,31,33-36,47H,11-14,17-20,22H2,1-10H3,(H,42,48)(H,44,49)(H,51,52)/t25-,26-,28-,31+,33+,34+,35-,36+/m0/s1. The molecule has 0 fully saturated rings. The number of aromatic nitrogens is 1. The van der Waals surface area contributed by atoms with Crippen molar-refractivity contribution in [3.8, 4) is 5.75 Å². The Morgan fingerprint density at radius 1 is 1.02 bits per heavy atom. The number of ether oxygens (including phenoxy) is 1. The lowest BCUT2D eigenvalue weighted by molar-refractivity contribution is -0.143. The highest BCUT2D eigenvalue weighted by atomic mass is 32.1. The molecule has 2 aromatic rings. The van der Waals surface area contributed by atoms with E-state index in [0.29, 0.717) is 36.6 Å². The zero-order valence-corrected chi connectivity index (χ0v) is 34.9. The van der Waals surface area contributed by atoms with Crippen LogP contribution in [0.1, 0.15) is 133 Å². The summed E-state index contributed by atoms with van der Waals surface area (Å²) in [7, 11) is 3.80. The Morgan fingerprint density at radius 3 is 2.28 bits per heavy atom. The van der Waals surface area contributed by atoms with Gasteiger partial charge in [0.1, 0.15) is 28.6 Å². The molecule has 1 aromatic heterocycles. The number of likely N-dealkylation sites (N-methyl/N-ethyl adjacent to an activating group) is 1. The molecule has 12 nitrogen and oxygen atoms in total. The van der Waals surface area contributed by atoms with Gasteiger partial charge in [0.15, 0.2) is 0 Å². The molecule has 54 heavy (non-hydrogen) atoms. The highest BCUT2D eigenvalue weighted by Gasteiger charge is 2.39. The van der Waals surface area contributed by atoms with Crippen molar-refractivity contribution in [1.29, 1.82) is 0 Å². The van der Waals surface area contributed by atoms with Crippen molar-refractivity contribution in [3.63, 3.8) is 0 Å². The second-order valence-electron chi connectivity index (χ2n) is 15.6. The molecular formula is C41H65N5O7S. The van der Waals surface area contributed by atoms with E-state index in [-0.39, 0.29) is 59.5 Å². The van der Waals surface area contributed by atoms with Crippen molar-refractivity contribution in [2.75, 3.05) is 27.2 Å². The highest BCUT2D eigenvalue weighted by Crippen LogP contribution is 2.35. The summed E-state index contributed by atoms with van der Waals surface area (Å²) >= 11 is 1.33. The Hall–Kier alpha value is -3.55. The number of benzene rings is 1. The number of carbonyl (C=O) groups is 4. The number of nitrogens with zero attached hydrogens (tertiary/aromatic N) is 3. The van der Waals surface area contributed by atoms with E-state index >= 15 is 0 Å². The average Bonchev–Trinajstić information content (AvgIpc) is 3.62. The van der Waals surface area contributed by atoms with Gasteiger partial charge in [-0.15, -0.1) is 11.3 Å². The van der Waals surface area contributed by atoms with E-state index in [1.165, 1.54) is 23.5 Å². The molecule has 3 amide bonds. The van der Waals surface area contributed by atoms with Gasteiger partial charge in [-0.05, 0) is 80.8 Å². The van der Waals surface area contributed by atoms with E-state index in [1.54, 1.807) is 11.4 Å². The van der Waals surface area contributed by atoms with Crippen LogP contribution in [0, 0.1) is 17.8 Å². The molecule has 1 aliphatic carbocycles. The molecule has 1 aromatic carbocycles. The zero-order chi connectivity index (χ0) is 40.3. The third-order valence-electron chi connectivity index (χ3n) is 10.8. The number of nitrogens with one attached hydrogen (secondary N) is 2. The van der Waals surface area contributed by atoms with Crippen LogP contribution < -0.4 is 10.6 Å². The number of fused-ring (bicyclic) bond motifs is 1. The van der Waals surface area contributed by atoms with Crippen LogP contribution in [0.15, 0.2) is 23.6 Å². The van der Waals surface area contributed by atoms with Gasteiger partial charge in [0, 0.05) is 37.0 Å². The van der Waals surface area contributed by atoms with Crippen LogP contribution in [0.25, 0.3) is 0 Å². The summed E-state index contributed by atoms with van der Waals surface area (Å²) in [5.41, 5.74) is 1.57. The summed E-state index contributed by atoms with van der Waals surface area (Å²) in [5, 5.41) is 28.4. The first kappa shape index (κ1) is 44.8. The predicted octanol–water partition coefficient (Wildman–Crippen LogP) is 6.39. The average molecular weight is 772 g/mol. The first-order valence-corrected chi connectivity index (χ1v) is 20.7. The van der Waals surface area contributed by atoms with Gasteiger partial charge in [0.25, 0.3) is 5.91 Å². The normalized spacial score (nSPS) is 19.0. The Labute approximate surface area is 326 Å². The number of rotatable bonds is 21. The number of carbonyl (C=O) groups excluding carboxylic acids is 3. The fourth-order valence-electron chi connectivity index (χ4n) is 7.48. The molecule has 0 saturated heterocycles. The van der Waals surface area contributed by atoms with E-state index in [2.05, 4.69) is 38.3 Å². The number of carboxylic acid groups (broad SMARTS) is 1. The van der Waals surface area contributed by atoms with Crippen LogP contribution in [0.4, 0.5) is 0 Å². The number of aliphatic carboxylic acids is 1. The van der Waals surface area contributed by atoms with E-state index in [1.807, 2.05) is 51.6 Å². The maximum Gasteiger partial charge on any atom is 0.311 e. The van der Waals surface area contributed by atoms with Crippen molar-refractivity contribution in [1.82, 2.24) is 25.4 Å². The molecule has 0 aliphatic heterocycles. The topological polar surface area (TPSA) is 161 Å². The van der Waals surface area contributed by atoms with Gasteiger partial charge in [-0.3, -0.25) is 24.1 Å². The largest absolute Gasteiger partial charge is 0.508 e. The van der Waals surface area contributed by atoms with Crippen LogP contribution in [0.2, 0.25) is 0 Å². The minimum Gasteiger partial charge on any atom is -0.508 e. The third kappa shape index (κ3) is 11.5. The quantitative estimate of drug-likeness (QED) is 0.113. The first-order chi connectivity index (χ1) is 25.6. The summed E-state index contributed by atoms with van der Waals surface area (Å²) < 4.78 is 6.41. The number of carboxylic acids is 1. The number of hydrogen-bond donors (Lipinski definition) is 4. The number of thiazole rings is 1. The van der Waals surface area contributed by atoms with Crippen molar-refractivity contribution >= 4 is 35.0 Å². The molecule has 0 radical (unpaired) electrons. The van der Waals surface area contributed by atoms with Gasteiger partial charge in [-0.2, -0.15) is 0 Å². The first-order valence-electron chi connectivity index (χ1n) is 19.8. The third-order valence-corrected chi connectivity index (χ3v) is 11.8. The lowest BCUT2D eigenvalue weighted by Gasteiger charge is -2.40. The van der Waals surface area contributed by atoms with Crippen molar-refractivity contribution in [2.24, 2.45) is 17.8 Å². The summed E-state index contributed by atoms with van der Waals surface area (Å²) in [6, 6.07) is 3.01. The Morgan fingerprint density at radius 2 is 1.70 bits per heavy atom. The molecule has 0 unspecified atom stereocenters. The van der Waals surface area contributed by atoms with Crippen molar-refractivity contribution < 1.29 is 34.1 Å². The molecule has 4 N–H and O–H groups in total. The smallest absolute Gasteiger partial charge is 0.311 e. The minimum absolute atomic E-state index is 0.0107. The molecule has 0 saturated carbocycles. The van der Waals surface area contributed by atoms with Gasteiger partial charge in [-0.1, -0.05) is 74.3 Å². The van der Waals surface area contributed by atoms with Crippen molar-refractivity contribution in [3.05, 3.63) is 45.4 Å². The molecule has 302 valence electrons. The SMILES string of the molecule is CCCO[C@H](C[C@H](C(C)C)N(CCC)C(=O)[C@@H](NC(=O)[C@@H]([C@@H](C)CC)N(C)C)[C@@H](C)CC)c1nc(C(=O)N[C@H]2Cc3ccc(O)cc3[C@H](C(=O)O)C2)cs1. The second kappa shape index (κ2) is 20.9. The molecule has 1 aliphatic rings. The van der Waals surface area contributed by atoms with Gasteiger partial charge in [0.05, 0.1) is 12.0 Å². The summed E-state index contributed by atoms with van der Waals surface area (Å²) in [6.07, 6.45) is 3.67. The Bertz CT molecular complexity index is 1550. The lowest BCUT2D eigenvalue weighted by atomic mass is 9.80. The molecule has 3 rings (SSSR count). The summed E-state index contributed by atoms with van der Waals surface area (Å²) in [4.78, 5) is 62.7. The van der Waals surface area contributed by atoms with Gasteiger partial charge < -0.3 is 30.5 Å². The highest BCUT2D eigenvalue weighted by molar-refractivity contribution is 7.09. The summed E-state index contributed by atoms with van der Waals surface area (Å²) in [5.74, 6) is -2.41. The van der Waals surface area contributed by atoms with E-state index in [9.17, 15) is 29.4 Å². The van der Waals surface area contributed by atoms with Gasteiger partial charge in [-0.25, -0.2) is 4.98 Å². The monoisotopic (exact) mass is 771 g/mol. The van der Waals surface area contributed by atoms with Crippen LogP contribution in [-0.2, 0) is 25.5 Å². The van der Waals surface area contributed by atoms with Gasteiger partial charge in [0.2, 0.25) is 11.8 Å². The van der Waals surface area contributed by atoms with E-state index < -0.39 is 36.0 Å². The number of phenols is 1. The maximum absolute atomic E-state index is 14.7. The van der Waals surface area contributed by atoms with Crippen LogP contribution in [0.5, 0.6) is 5.75 Å². The minimum atomic E-state index is -1.01. The van der Waals surface area contributed by atoms with Crippen LogP contribution in [-0.4, -0.2) is 100 Å². The number of phenolic OH excluding ortho intramolecular Hbond substituents is 1. The Kier molecular flexibility index (Phi) is 17.4. The fraction of sp³-hybridized carbons (Fsp3) is 0.683. The molecule has 13 heteroatoms. The predicted molar refractivity (Wildman–Crippen MR) is 213 cm³/mol. The van der Waals surface area contributed by atoms with Crippen LogP contribution >= 0.6 is 11.3 Å². The Balaban J connectivity index is 1.87. The molecular weight excluding hydrogens is 707 g/mol. The lowest BCUT2D eigenvalue weighted by Crippen LogP contribution is -2.59. The fourth-order valence-corrected chi connectivity index (χ4v) is 8.34. The van der Waals surface area contributed by atoms with E-state index in [4.69, 9.17) is 9.72 Å². The second-order valence-corrected chi connectivity index (χ2v) is 16.4. The zero-order valence-electron chi connectivity index (χ0n) is 34.1. The number of hydrogen-bond acceptors (Lipinski definition) is 9. The summed E-state index contributed by atoms with van der Waals surface area (Å²) in [6.45, 7) is 17.4. The van der Waals surface area contributed by atoms with Gasteiger partial charge >= 0.3 is 5.97 Å². The molecule has 1 heterocycles. The number of aromatic hydroxyl groups is 1. The van der Waals surface area contributed by atoms with Crippen molar-refractivity contribution in [2.45, 2.75) is 137 Å². The number of amides is 3. The van der Waals surface area contributed by atoms with Crippen LogP contribution in [0.3, 0.4) is 0 Å². The van der Waals surface area contributed by atoms with E-state index in [0.717, 1.165) is 31.2 Å². The molecule has 0 spiro atoms. The molecule has 0 bridgehead atoms. The maximum atomic E-state index is 14.7.